The molecule has 0 amide bonds. The highest BCUT2D eigenvalue weighted by Crippen LogP contribution is 2.23. The average Bonchev–Trinajstić information content (AvgIpc) is 2.97. The van der Waals surface area contributed by atoms with E-state index in [0.29, 0.717) is 11.2 Å². The number of aromatic nitrogens is 4. The minimum Gasteiger partial charge on any atom is -0.292 e. The van der Waals surface area contributed by atoms with Crippen molar-refractivity contribution in [3.05, 3.63) is 43.5 Å². The number of halogens is 1. The molecule has 3 aromatic heterocycles. The van der Waals surface area contributed by atoms with Gasteiger partial charge in [-0.05, 0) is 47.6 Å². The van der Waals surface area contributed by atoms with Crippen LogP contribution in [0.2, 0.25) is 0 Å². The van der Waals surface area contributed by atoms with E-state index in [2.05, 4.69) is 26.0 Å². The molecular formula is C14H15BrN4OS. The predicted octanol–water partition coefficient (Wildman–Crippen LogP) is 3.10. The lowest BCUT2D eigenvalue weighted by Gasteiger charge is -2.08. The Morgan fingerprint density at radius 3 is 2.86 bits per heavy atom. The summed E-state index contributed by atoms with van der Waals surface area (Å²) in [6.07, 6.45) is 1.62. The third-order valence-electron chi connectivity index (χ3n) is 3.50. The Labute approximate surface area is 134 Å². The zero-order chi connectivity index (χ0) is 15.1. The molecule has 21 heavy (non-hydrogen) atoms. The van der Waals surface area contributed by atoms with E-state index in [1.165, 1.54) is 11.3 Å². The highest BCUT2D eigenvalue weighted by atomic mass is 79.9. The number of aryl methyl sites for hydroxylation is 3. The molecule has 0 saturated carbocycles. The molecule has 0 radical (unpaired) electrons. The molecule has 0 unspecified atom stereocenters. The fourth-order valence-corrected chi connectivity index (χ4v) is 3.71. The monoisotopic (exact) mass is 366 g/mol. The fraction of sp³-hybridized carbons (Fsp3) is 0.357. The van der Waals surface area contributed by atoms with Gasteiger partial charge in [-0.1, -0.05) is 0 Å². The van der Waals surface area contributed by atoms with E-state index in [4.69, 9.17) is 0 Å². The van der Waals surface area contributed by atoms with E-state index >= 15 is 0 Å². The van der Waals surface area contributed by atoms with Crippen LogP contribution in [0.3, 0.4) is 0 Å². The summed E-state index contributed by atoms with van der Waals surface area (Å²) in [5.74, 6) is 0. The number of nitrogens with zero attached hydrogens (tertiary/aromatic N) is 4. The fourth-order valence-electron chi connectivity index (χ4n) is 2.35. The molecule has 0 aliphatic carbocycles. The van der Waals surface area contributed by atoms with Crippen molar-refractivity contribution in [2.24, 2.45) is 0 Å². The van der Waals surface area contributed by atoms with Crippen molar-refractivity contribution in [1.29, 1.82) is 0 Å². The molecule has 7 heteroatoms. The van der Waals surface area contributed by atoms with E-state index in [0.717, 1.165) is 33.5 Å². The van der Waals surface area contributed by atoms with Gasteiger partial charge >= 0.3 is 0 Å². The van der Waals surface area contributed by atoms with Gasteiger partial charge in [0.1, 0.15) is 4.70 Å². The van der Waals surface area contributed by atoms with Gasteiger partial charge in [0, 0.05) is 6.54 Å². The summed E-state index contributed by atoms with van der Waals surface area (Å²) in [7, 11) is 0. The maximum absolute atomic E-state index is 12.6. The van der Waals surface area contributed by atoms with Gasteiger partial charge in [-0.15, -0.1) is 11.3 Å². The summed E-state index contributed by atoms with van der Waals surface area (Å²) in [6.45, 7) is 7.20. The van der Waals surface area contributed by atoms with E-state index in [-0.39, 0.29) is 5.56 Å². The Kier molecular flexibility index (Phi) is 3.71. The van der Waals surface area contributed by atoms with Crippen LogP contribution in [0.4, 0.5) is 0 Å². The molecule has 5 nitrogen and oxygen atoms in total. The molecule has 0 aliphatic rings. The molecule has 0 atom stereocenters. The quantitative estimate of drug-likeness (QED) is 0.715. The molecule has 3 heterocycles. The van der Waals surface area contributed by atoms with Gasteiger partial charge in [0.05, 0.1) is 34.2 Å². The Balaban J connectivity index is 2.11. The maximum Gasteiger partial charge on any atom is 0.271 e. The van der Waals surface area contributed by atoms with Crippen LogP contribution >= 0.6 is 27.3 Å². The van der Waals surface area contributed by atoms with Gasteiger partial charge in [0.25, 0.3) is 5.56 Å². The molecule has 110 valence electrons. The number of thiophene rings is 1. The van der Waals surface area contributed by atoms with E-state index in [1.54, 1.807) is 10.9 Å². The van der Waals surface area contributed by atoms with Crippen LogP contribution in [0.25, 0.3) is 10.2 Å². The predicted molar refractivity (Wildman–Crippen MR) is 88.1 cm³/mol. The molecule has 3 aromatic rings. The minimum absolute atomic E-state index is 0.00602. The molecule has 0 aliphatic heterocycles. The van der Waals surface area contributed by atoms with Gasteiger partial charge < -0.3 is 0 Å². The third kappa shape index (κ3) is 2.34. The maximum atomic E-state index is 12.6. The van der Waals surface area contributed by atoms with Crippen LogP contribution in [0.1, 0.15) is 23.9 Å². The number of fused-ring (bicyclic) bond motifs is 1. The topological polar surface area (TPSA) is 52.7 Å². The number of hydrogen-bond donors (Lipinski definition) is 0. The molecule has 3 rings (SSSR count). The number of hydrogen-bond acceptors (Lipinski definition) is 4. The lowest BCUT2D eigenvalue weighted by molar-refractivity contribution is 0.589. The zero-order valence-electron chi connectivity index (χ0n) is 12.1. The Bertz CT molecular complexity index is 877. The molecule has 0 fully saturated rings. The summed E-state index contributed by atoms with van der Waals surface area (Å²) in [5, 5.41) is 6.43. The minimum atomic E-state index is 0.00602. The lowest BCUT2D eigenvalue weighted by Crippen LogP contribution is -2.22. The first-order valence-corrected chi connectivity index (χ1v) is 8.35. The van der Waals surface area contributed by atoms with Crippen LogP contribution in [0.15, 0.2) is 21.0 Å². The molecule has 0 aromatic carbocycles. The molecule has 0 N–H and O–H groups in total. The normalized spacial score (nSPS) is 11.4. The smallest absolute Gasteiger partial charge is 0.271 e. The standard InChI is InChI=1S/C14H15BrN4OS/c1-4-19-10(11(15)9(3)17-19)5-18-7-16-12-8(2)6-21-13(12)14(18)20/h6-7H,4-5H2,1-3H3. The molecule has 0 saturated heterocycles. The summed E-state index contributed by atoms with van der Waals surface area (Å²) in [4.78, 5) is 17.0. The SMILES string of the molecule is CCn1nc(C)c(Br)c1Cn1cnc2c(C)csc2c1=O. The first-order valence-electron chi connectivity index (χ1n) is 6.68. The summed E-state index contributed by atoms with van der Waals surface area (Å²) < 4.78 is 5.23. The van der Waals surface area contributed by atoms with Gasteiger partial charge in [0.2, 0.25) is 0 Å². The first-order chi connectivity index (χ1) is 10.0. The first kappa shape index (κ1) is 14.5. The van der Waals surface area contributed by atoms with Gasteiger partial charge in [-0.25, -0.2) is 4.98 Å². The van der Waals surface area contributed by atoms with Gasteiger partial charge in [-0.3, -0.25) is 14.0 Å². The lowest BCUT2D eigenvalue weighted by atomic mass is 10.3. The van der Waals surface area contributed by atoms with Gasteiger partial charge in [0.15, 0.2) is 0 Å². The van der Waals surface area contributed by atoms with E-state index in [1.807, 2.05) is 30.8 Å². The summed E-state index contributed by atoms with van der Waals surface area (Å²) in [6, 6.07) is 0. The average molecular weight is 367 g/mol. The zero-order valence-corrected chi connectivity index (χ0v) is 14.5. The Morgan fingerprint density at radius 1 is 1.38 bits per heavy atom. The highest BCUT2D eigenvalue weighted by Gasteiger charge is 2.15. The van der Waals surface area contributed by atoms with Crippen molar-refractivity contribution in [1.82, 2.24) is 19.3 Å². The van der Waals surface area contributed by atoms with Gasteiger partial charge in [-0.2, -0.15) is 5.10 Å². The summed E-state index contributed by atoms with van der Waals surface area (Å²) >= 11 is 5.02. The van der Waals surface area contributed by atoms with Crippen LogP contribution in [-0.4, -0.2) is 19.3 Å². The Hall–Kier alpha value is -1.47. The second-order valence-electron chi connectivity index (χ2n) is 4.94. The number of rotatable bonds is 3. The highest BCUT2D eigenvalue weighted by molar-refractivity contribution is 9.10. The van der Waals surface area contributed by atoms with Crippen LogP contribution in [0, 0.1) is 13.8 Å². The van der Waals surface area contributed by atoms with Crippen molar-refractivity contribution in [2.45, 2.75) is 33.9 Å². The van der Waals surface area contributed by atoms with Crippen molar-refractivity contribution < 1.29 is 0 Å². The second-order valence-corrected chi connectivity index (χ2v) is 6.61. The summed E-state index contributed by atoms with van der Waals surface area (Å²) in [5.41, 5.74) is 3.79. The van der Waals surface area contributed by atoms with Crippen LogP contribution in [-0.2, 0) is 13.1 Å². The largest absolute Gasteiger partial charge is 0.292 e. The molecule has 0 spiro atoms. The third-order valence-corrected chi connectivity index (χ3v) is 5.60. The van der Waals surface area contributed by atoms with Crippen LogP contribution < -0.4 is 5.56 Å². The van der Waals surface area contributed by atoms with Crippen molar-refractivity contribution in [3.8, 4) is 0 Å². The van der Waals surface area contributed by atoms with E-state index in [9.17, 15) is 4.79 Å². The van der Waals surface area contributed by atoms with Crippen molar-refractivity contribution in [3.63, 3.8) is 0 Å². The van der Waals surface area contributed by atoms with E-state index < -0.39 is 0 Å². The molecular weight excluding hydrogens is 352 g/mol. The second kappa shape index (κ2) is 5.38. The Morgan fingerprint density at radius 2 is 2.14 bits per heavy atom. The molecule has 0 bridgehead atoms. The van der Waals surface area contributed by atoms with Crippen LogP contribution in [0.5, 0.6) is 0 Å². The van der Waals surface area contributed by atoms with Crippen molar-refractivity contribution in [2.75, 3.05) is 0 Å². The van der Waals surface area contributed by atoms with Crippen molar-refractivity contribution >= 4 is 37.5 Å².